The van der Waals surface area contributed by atoms with Gasteiger partial charge >= 0.3 is 5.97 Å². The van der Waals surface area contributed by atoms with E-state index in [4.69, 9.17) is 10.8 Å². The second kappa shape index (κ2) is 5.54. The number of carboxylic acid groups (broad SMARTS) is 1. The highest BCUT2D eigenvalue weighted by Crippen LogP contribution is 2.34. The average Bonchev–Trinajstić information content (AvgIpc) is 2.36. The van der Waals surface area contributed by atoms with E-state index in [0.717, 1.165) is 22.1 Å². The van der Waals surface area contributed by atoms with Crippen LogP contribution in [0.25, 0.3) is 0 Å². The Morgan fingerprint density at radius 1 is 1.20 bits per heavy atom. The molecule has 0 heterocycles. The van der Waals surface area contributed by atoms with Crippen molar-refractivity contribution in [1.82, 2.24) is 0 Å². The van der Waals surface area contributed by atoms with Gasteiger partial charge in [-0.2, -0.15) is 0 Å². The molecule has 2 aromatic carbocycles. The molecular formula is C15H14FNO2S. The molecule has 20 heavy (non-hydrogen) atoms. The predicted molar refractivity (Wildman–Crippen MR) is 77.8 cm³/mol. The number of hydrogen-bond donors (Lipinski definition) is 2. The van der Waals surface area contributed by atoms with Gasteiger partial charge in [0.1, 0.15) is 5.82 Å². The van der Waals surface area contributed by atoms with E-state index in [1.165, 1.54) is 17.8 Å². The van der Waals surface area contributed by atoms with Crippen LogP contribution in [0.4, 0.5) is 10.1 Å². The van der Waals surface area contributed by atoms with Crippen LogP contribution in [0.1, 0.15) is 21.5 Å². The summed E-state index contributed by atoms with van der Waals surface area (Å²) >= 11 is 1.20. The summed E-state index contributed by atoms with van der Waals surface area (Å²) in [5.41, 5.74) is 7.43. The largest absolute Gasteiger partial charge is 0.478 e. The van der Waals surface area contributed by atoms with E-state index in [0.29, 0.717) is 0 Å². The van der Waals surface area contributed by atoms with Crippen LogP contribution in [0.5, 0.6) is 0 Å². The number of nitrogen functional groups attached to an aromatic ring is 1. The second-order valence-corrected chi connectivity index (χ2v) is 5.63. The minimum Gasteiger partial charge on any atom is -0.478 e. The third-order valence-electron chi connectivity index (χ3n) is 2.90. The molecule has 0 aromatic heterocycles. The highest BCUT2D eigenvalue weighted by molar-refractivity contribution is 7.99. The topological polar surface area (TPSA) is 63.3 Å². The highest BCUT2D eigenvalue weighted by Gasteiger charge is 2.14. The van der Waals surface area contributed by atoms with Crippen molar-refractivity contribution >= 4 is 23.4 Å². The molecule has 5 heteroatoms. The van der Waals surface area contributed by atoms with Crippen molar-refractivity contribution in [1.29, 1.82) is 0 Å². The van der Waals surface area contributed by atoms with Gasteiger partial charge in [0.25, 0.3) is 0 Å². The average molecular weight is 291 g/mol. The lowest BCUT2D eigenvalue weighted by Gasteiger charge is -2.10. The maximum atomic E-state index is 13.9. The maximum absolute atomic E-state index is 13.9. The molecule has 0 amide bonds. The summed E-state index contributed by atoms with van der Waals surface area (Å²) in [5.74, 6) is -1.68. The monoisotopic (exact) mass is 291 g/mol. The van der Waals surface area contributed by atoms with Crippen molar-refractivity contribution in [3.8, 4) is 0 Å². The van der Waals surface area contributed by atoms with Crippen LogP contribution in [-0.4, -0.2) is 11.1 Å². The second-order valence-electron chi connectivity index (χ2n) is 4.55. The molecule has 0 spiro atoms. The number of aryl methyl sites for hydroxylation is 2. The number of aromatic carboxylic acids is 1. The molecule has 0 atom stereocenters. The lowest BCUT2D eigenvalue weighted by atomic mass is 10.2. The highest BCUT2D eigenvalue weighted by atomic mass is 32.2. The van der Waals surface area contributed by atoms with Gasteiger partial charge in [0.05, 0.1) is 5.56 Å². The summed E-state index contributed by atoms with van der Waals surface area (Å²) in [6.45, 7) is 3.88. The molecule has 0 saturated heterocycles. The van der Waals surface area contributed by atoms with E-state index < -0.39 is 11.8 Å². The number of anilines is 1. The van der Waals surface area contributed by atoms with Gasteiger partial charge < -0.3 is 10.8 Å². The Morgan fingerprint density at radius 3 is 2.55 bits per heavy atom. The van der Waals surface area contributed by atoms with Crippen LogP contribution in [-0.2, 0) is 0 Å². The molecule has 2 rings (SSSR count). The number of hydrogen-bond acceptors (Lipinski definition) is 3. The number of nitrogens with two attached hydrogens (primary N) is 1. The van der Waals surface area contributed by atoms with Gasteiger partial charge in [-0.25, -0.2) is 9.18 Å². The Kier molecular flexibility index (Phi) is 3.99. The van der Waals surface area contributed by atoms with Crippen molar-refractivity contribution in [3.05, 3.63) is 52.8 Å². The van der Waals surface area contributed by atoms with Crippen molar-refractivity contribution < 1.29 is 14.3 Å². The summed E-state index contributed by atoms with van der Waals surface area (Å²) < 4.78 is 13.9. The minimum atomic E-state index is -1.16. The predicted octanol–water partition coefficient (Wildman–Crippen LogP) is 3.87. The number of halogens is 1. The molecule has 0 saturated carbocycles. The zero-order valence-electron chi connectivity index (χ0n) is 11.1. The normalized spacial score (nSPS) is 10.6. The Labute approximate surface area is 120 Å². The van der Waals surface area contributed by atoms with E-state index in [1.807, 2.05) is 32.0 Å². The Bertz CT molecular complexity index is 686. The van der Waals surface area contributed by atoms with Gasteiger partial charge in [-0.3, -0.25) is 0 Å². The summed E-state index contributed by atoms with van der Waals surface area (Å²) in [6.07, 6.45) is 0. The van der Waals surface area contributed by atoms with E-state index in [-0.39, 0.29) is 16.1 Å². The summed E-state index contributed by atoms with van der Waals surface area (Å²) in [4.78, 5) is 12.2. The van der Waals surface area contributed by atoms with Gasteiger partial charge in [0.15, 0.2) is 0 Å². The molecule has 3 N–H and O–H groups in total. The summed E-state index contributed by atoms with van der Waals surface area (Å²) in [7, 11) is 0. The zero-order valence-corrected chi connectivity index (χ0v) is 11.9. The third kappa shape index (κ3) is 2.93. The van der Waals surface area contributed by atoms with Gasteiger partial charge in [0, 0.05) is 15.5 Å². The Morgan fingerprint density at radius 2 is 1.90 bits per heavy atom. The first-order chi connectivity index (χ1) is 9.38. The number of benzene rings is 2. The van der Waals surface area contributed by atoms with Gasteiger partial charge in [-0.05, 0) is 43.2 Å². The van der Waals surface area contributed by atoms with Crippen molar-refractivity contribution in [3.63, 3.8) is 0 Å². The van der Waals surface area contributed by atoms with E-state index in [9.17, 15) is 9.18 Å². The molecule has 104 valence electrons. The molecule has 0 aliphatic rings. The first kappa shape index (κ1) is 14.4. The van der Waals surface area contributed by atoms with Gasteiger partial charge in [-0.1, -0.05) is 23.9 Å². The standard InChI is InChI=1S/C15H14FNO2S/c1-8-3-4-9(2)13(5-8)20-14-6-10(15(18)19)12(17)7-11(14)16/h3-7H,17H2,1-2H3,(H,18,19). The zero-order chi connectivity index (χ0) is 14.9. The van der Waals surface area contributed by atoms with Crippen LogP contribution in [0.2, 0.25) is 0 Å². The van der Waals surface area contributed by atoms with E-state index >= 15 is 0 Å². The van der Waals surface area contributed by atoms with Crippen molar-refractivity contribution in [2.45, 2.75) is 23.6 Å². The fraction of sp³-hybridized carbons (Fsp3) is 0.133. The molecule has 0 bridgehead atoms. The number of carbonyl (C=O) groups is 1. The molecule has 0 radical (unpaired) electrons. The number of rotatable bonds is 3. The lowest BCUT2D eigenvalue weighted by Crippen LogP contribution is -2.03. The fourth-order valence-electron chi connectivity index (χ4n) is 1.77. The molecular weight excluding hydrogens is 277 g/mol. The molecule has 3 nitrogen and oxygen atoms in total. The molecule has 0 aliphatic heterocycles. The first-order valence-corrected chi connectivity index (χ1v) is 6.77. The smallest absolute Gasteiger partial charge is 0.337 e. The maximum Gasteiger partial charge on any atom is 0.337 e. The van der Waals surface area contributed by atoms with Crippen LogP contribution >= 0.6 is 11.8 Å². The molecule has 2 aromatic rings. The molecule has 0 aliphatic carbocycles. The minimum absolute atomic E-state index is 0.0692. The molecule has 0 fully saturated rings. The lowest BCUT2D eigenvalue weighted by molar-refractivity contribution is 0.0697. The van der Waals surface area contributed by atoms with Crippen LogP contribution in [0, 0.1) is 19.7 Å². The fourth-order valence-corrected chi connectivity index (χ4v) is 2.81. The SMILES string of the molecule is Cc1ccc(C)c(Sc2cc(C(=O)O)c(N)cc2F)c1. The van der Waals surface area contributed by atoms with Gasteiger partial charge in [-0.15, -0.1) is 0 Å². The van der Waals surface area contributed by atoms with E-state index in [1.54, 1.807) is 0 Å². The van der Waals surface area contributed by atoms with Crippen LogP contribution in [0.3, 0.4) is 0 Å². The first-order valence-electron chi connectivity index (χ1n) is 5.96. The van der Waals surface area contributed by atoms with Gasteiger partial charge in [0.2, 0.25) is 0 Å². The van der Waals surface area contributed by atoms with Crippen LogP contribution < -0.4 is 5.73 Å². The van der Waals surface area contributed by atoms with Crippen molar-refractivity contribution in [2.24, 2.45) is 0 Å². The number of carboxylic acids is 1. The van der Waals surface area contributed by atoms with E-state index in [2.05, 4.69) is 0 Å². The van der Waals surface area contributed by atoms with Crippen molar-refractivity contribution in [2.75, 3.05) is 5.73 Å². The summed E-state index contributed by atoms with van der Waals surface area (Å²) in [5, 5.41) is 9.03. The Balaban J connectivity index is 2.45. The third-order valence-corrected chi connectivity index (χ3v) is 4.09. The molecule has 0 unspecified atom stereocenters. The quantitative estimate of drug-likeness (QED) is 0.842. The van der Waals surface area contributed by atoms with Crippen LogP contribution in [0.15, 0.2) is 40.1 Å². The summed E-state index contributed by atoms with van der Waals surface area (Å²) in [6, 6.07) is 8.19. The Hall–Kier alpha value is -2.01.